The number of aliphatic imine (C=N–C) groups is 1. The monoisotopic (exact) mass is 220 g/mol. The molecule has 1 aromatic rings. The Hall–Kier alpha value is -2.31. The predicted octanol–water partition coefficient (Wildman–Crippen LogP) is -0.623. The maximum atomic E-state index is 11.4. The van der Waals surface area contributed by atoms with Crippen LogP contribution in [0, 0.1) is 5.92 Å². The highest BCUT2D eigenvalue weighted by Gasteiger charge is 2.30. The van der Waals surface area contributed by atoms with Crippen LogP contribution in [-0.4, -0.2) is 33.4 Å². The van der Waals surface area contributed by atoms with Crippen LogP contribution in [0.1, 0.15) is 11.9 Å². The molecular weight excluding hydrogens is 212 g/mol. The third kappa shape index (κ3) is 1.88. The molecule has 0 spiro atoms. The van der Waals surface area contributed by atoms with Crippen LogP contribution in [0.2, 0.25) is 0 Å². The van der Waals surface area contributed by atoms with Gasteiger partial charge in [0.1, 0.15) is 5.69 Å². The molecule has 0 saturated heterocycles. The lowest BCUT2D eigenvalue weighted by atomic mass is 10.1. The fourth-order valence-electron chi connectivity index (χ4n) is 1.29. The van der Waals surface area contributed by atoms with E-state index in [-0.39, 0.29) is 0 Å². The zero-order valence-corrected chi connectivity index (χ0v) is 8.07. The lowest BCUT2D eigenvalue weighted by molar-refractivity contribution is -0.144. The first-order chi connectivity index (χ1) is 7.68. The maximum Gasteiger partial charge on any atom is 0.321 e. The lowest BCUT2D eigenvalue weighted by Gasteiger charge is -2.20. The van der Waals surface area contributed by atoms with Crippen LogP contribution >= 0.6 is 0 Å². The summed E-state index contributed by atoms with van der Waals surface area (Å²) < 4.78 is 0. The van der Waals surface area contributed by atoms with Crippen LogP contribution in [0.25, 0.3) is 0 Å². The molecule has 7 nitrogen and oxygen atoms in total. The normalized spacial score (nSPS) is 23.9. The second kappa shape index (κ2) is 4.05. The van der Waals surface area contributed by atoms with Gasteiger partial charge in [0.25, 0.3) is 0 Å². The van der Waals surface area contributed by atoms with E-state index in [2.05, 4.69) is 20.5 Å². The van der Waals surface area contributed by atoms with Gasteiger partial charge < -0.3 is 10.4 Å². The second-order valence-electron chi connectivity index (χ2n) is 3.17. The molecule has 2 atom stereocenters. The van der Waals surface area contributed by atoms with Crippen molar-refractivity contribution in [2.75, 3.05) is 0 Å². The fourth-order valence-corrected chi connectivity index (χ4v) is 1.29. The molecule has 0 saturated carbocycles. The van der Waals surface area contributed by atoms with E-state index in [9.17, 15) is 9.59 Å². The molecule has 1 amide bonds. The van der Waals surface area contributed by atoms with Crippen molar-refractivity contribution in [2.45, 2.75) is 6.17 Å². The molecule has 0 radical (unpaired) electrons. The summed E-state index contributed by atoms with van der Waals surface area (Å²) in [5, 5.41) is 18.6. The van der Waals surface area contributed by atoms with Gasteiger partial charge >= 0.3 is 5.97 Å². The Labute approximate surface area is 90.2 Å². The summed E-state index contributed by atoms with van der Waals surface area (Å²) in [4.78, 5) is 25.9. The van der Waals surface area contributed by atoms with Crippen LogP contribution in [0.5, 0.6) is 0 Å². The minimum Gasteiger partial charge on any atom is -0.480 e. The molecule has 2 rings (SSSR count). The summed E-state index contributed by atoms with van der Waals surface area (Å²) in [7, 11) is 0. The highest BCUT2D eigenvalue weighted by Crippen LogP contribution is 2.15. The highest BCUT2D eigenvalue weighted by molar-refractivity contribution is 6.11. The molecule has 0 aliphatic carbocycles. The Kier molecular flexibility index (Phi) is 2.59. The fraction of sp³-hybridized carbons (Fsp3) is 0.222. The summed E-state index contributed by atoms with van der Waals surface area (Å²) in [6.07, 6.45) is 1.95. The second-order valence-corrected chi connectivity index (χ2v) is 3.17. The van der Waals surface area contributed by atoms with Gasteiger partial charge in [-0.1, -0.05) is 0 Å². The first-order valence-electron chi connectivity index (χ1n) is 4.52. The number of hydrogen-bond acceptors (Lipinski definition) is 5. The summed E-state index contributed by atoms with van der Waals surface area (Å²) in [5.41, 5.74) is 0.468. The number of aliphatic carboxylic acids is 1. The summed E-state index contributed by atoms with van der Waals surface area (Å²) in [6, 6.07) is 3.31. The van der Waals surface area contributed by atoms with Crippen LogP contribution in [0.4, 0.5) is 0 Å². The van der Waals surface area contributed by atoms with Crippen molar-refractivity contribution < 1.29 is 14.7 Å². The van der Waals surface area contributed by atoms with Gasteiger partial charge in [-0.25, -0.2) is 0 Å². The Balaban J connectivity index is 2.21. The molecule has 2 unspecified atom stereocenters. The molecule has 0 bridgehead atoms. The highest BCUT2D eigenvalue weighted by atomic mass is 16.4. The molecule has 0 aromatic carbocycles. The van der Waals surface area contributed by atoms with Crippen LogP contribution < -0.4 is 5.32 Å². The third-order valence-electron chi connectivity index (χ3n) is 2.08. The molecule has 82 valence electrons. The van der Waals surface area contributed by atoms with E-state index >= 15 is 0 Å². The van der Waals surface area contributed by atoms with Gasteiger partial charge in [-0.2, -0.15) is 10.2 Å². The maximum absolute atomic E-state index is 11.4. The number of nitrogens with zero attached hydrogens (tertiary/aromatic N) is 3. The standard InChI is InChI=1S/C9H8N4O3/c14-8-5(9(15)16)4-10-7(12-8)6-2-1-3-11-13-6/h1-5,7H,(H,12,14)(H,15,16). The number of carboxylic acid groups (broad SMARTS) is 1. The average molecular weight is 220 g/mol. The van der Waals surface area contributed by atoms with Gasteiger partial charge in [-0.3, -0.25) is 14.6 Å². The van der Waals surface area contributed by atoms with Crippen LogP contribution in [0.3, 0.4) is 0 Å². The molecule has 2 N–H and O–H groups in total. The molecule has 7 heteroatoms. The topological polar surface area (TPSA) is 105 Å². The molecule has 1 aliphatic rings. The van der Waals surface area contributed by atoms with Gasteiger partial charge in [-0.05, 0) is 12.1 Å². The number of carboxylic acids is 1. The number of nitrogens with one attached hydrogen (secondary N) is 1. The molecule has 2 heterocycles. The number of carbonyl (C=O) groups is 2. The van der Waals surface area contributed by atoms with Crippen molar-refractivity contribution in [3.8, 4) is 0 Å². The summed E-state index contributed by atoms with van der Waals surface area (Å²) in [5.74, 6) is -3.05. The van der Waals surface area contributed by atoms with E-state index in [0.717, 1.165) is 6.21 Å². The van der Waals surface area contributed by atoms with Crippen molar-refractivity contribution in [1.29, 1.82) is 0 Å². The Morgan fingerprint density at radius 1 is 1.50 bits per heavy atom. The van der Waals surface area contributed by atoms with E-state index in [4.69, 9.17) is 5.11 Å². The lowest BCUT2D eigenvalue weighted by Crippen LogP contribution is -2.41. The molecular formula is C9H8N4O3. The molecule has 1 aliphatic heterocycles. The predicted molar refractivity (Wildman–Crippen MR) is 52.5 cm³/mol. The number of rotatable bonds is 2. The summed E-state index contributed by atoms with van der Waals surface area (Å²) >= 11 is 0. The first-order valence-corrected chi connectivity index (χ1v) is 4.52. The van der Waals surface area contributed by atoms with Crippen molar-refractivity contribution >= 4 is 18.1 Å². The minimum absolute atomic E-state index is 0.468. The van der Waals surface area contributed by atoms with E-state index in [1.807, 2.05) is 0 Å². The van der Waals surface area contributed by atoms with E-state index < -0.39 is 24.0 Å². The van der Waals surface area contributed by atoms with E-state index in [0.29, 0.717) is 5.69 Å². The zero-order chi connectivity index (χ0) is 11.5. The van der Waals surface area contributed by atoms with Crippen molar-refractivity contribution in [1.82, 2.24) is 15.5 Å². The van der Waals surface area contributed by atoms with Gasteiger partial charge in [0.15, 0.2) is 12.1 Å². The van der Waals surface area contributed by atoms with Gasteiger partial charge in [-0.15, -0.1) is 0 Å². The molecule has 1 aromatic heterocycles. The van der Waals surface area contributed by atoms with Crippen molar-refractivity contribution in [2.24, 2.45) is 10.9 Å². The van der Waals surface area contributed by atoms with Gasteiger partial charge in [0, 0.05) is 12.4 Å². The smallest absolute Gasteiger partial charge is 0.321 e. The quantitative estimate of drug-likeness (QED) is 0.646. The first kappa shape index (κ1) is 10.2. The number of aromatic nitrogens is 2. The minimum atomic E-state index is -1.23. The van der Waals surface area contributed by atoms with Gasteiger partial charge in [0.05, 0.1) is 0 Å². The van der Waals surface area contributed by atoms with Crippen LogP contribution in [0.15, 0.2) is 23.3 Å². The molecule has 0 fully saturated rings. The number of hydrogen-bond donors (Lipinski definition) is 2. The summed E-state index contributed by atoms with van der Waals surface area (Å²) in [6.45, 7) is 0. The largest absolute Gasteiger partial charge is 0.480 e. The number of carbonyl (C=O) groups excluding carboxylic acids is 1. The van der Waals surface area contributed by atoms with Crippen molar-refractivity contribution in [3.05, 3.63) is 24.0 Å². The zero-order valence-electron chi connectivity index (χ0n) is 8.07. The van der Waals surface area contributed by atoms with Gasteiger partial charge in [0.2, 0.25) is 5.91 Å². The third-order valence-corrected chi connectivity index (χ3v) is 2.08. The van der Waals surface area contributed by atoms with E-state index in [1.165, 1.54) is 6.20 Å². The Bertz CT molecular complexity index is 445. The number of amides is 1. The van der Waals surface area contributed by atoms with Crippen LogP contribution in [-0.2, 0) is 9.59 Å². The van der Waals surface area contributed by atoms with Crippen molar-refractivity contribution in [3.63, 3.8) is 0 Å². The van der Waals surface area contributed by atoms with E-state index in [1.54, 1.807) is 12.1 Å². The average Bonchev–Trinajstić information content (AvgIpc) is 2.29. The Morgan fingerprint density at radius 3 is 2.88 bits per heavy atom. The Morgan fingerprint density at radius 2 is 2.31 bits per heavy atom. The molecule has 16 heavy (non-hydrogen) atoms. The SMILES string of the molecule is O=C(O)C1C=NC(c2cccnn2)NC1=O.